The quantitative estimate of drug-likeness (QED) is 0.477. The number of ketones is 1. The molecule has 1 amide bonds. The highest BCUT2D eigenvalue weighted by Crippen LogP contribution is 2.40. The fourth-order valence-corrected chi connectivity index (χ4v) is 3.90. The lowest BCUT2D eigenvalue weighted by atomic mass is 9.95. The number of Topliss-reactive ketones (excluding diaryl/α,β-unsaturated/α-hetero) is 1. The maximum atomic E-state index is 12.9. The smallest absolute Gasteiger partial charge is 0.295 e. The molecule has 150 valence electrons. The lowest BCUT2D eigenvalue weighted by Gasteiger charge is -2.27. The predicted molar refractivity (Wildman–Crippen MR) is 105 cm³/mol. The van der Waals surface area contributed by atoms with Gasteiger partial charge in [-0.15, -0.1) is 0 Å². The number of aliphatic hydroxyl groups is 1. The molecule has 2 saturated heterocycles. The molecule has 7 nitrogen and oxygen atoms in total. The summed E-state index contributed by atoms with van der Waals surface area (Å²) >= 11 is 0. The Kier molecular flexibility index (Phi) is 5.31. The first-order valence-corrected chi connectivity index (χ1v) is 9.54. The van der Waals surface area contributed by atoms with Gasteiger partial charge in [0.1, 0.15) is 11.5 Å². The first-order valence-electron chi connectivity index (χ1n) is 9.54. The van der Waals surface area contributed by atoms with E-state index in [1.165, 1.54) is 17.3 Å². The van der Waals surface area contributed by atoms with Gasteiger partial charge in [-0.05, 0) is 42.7 Å². The molecule has 2 atom stereocenters. The van der Waals surface area contributed by atoms with E-state index in [-0.39, 0.29) is 17.4 Å². The largest absolute Gasteiger partial charge is 0.507 e. The molecular formula is C22H22N2O5. The Balaban J connectivity index is 1.83. The second kappa shape index (κ2) is 8.05. The molecule has 0 bridgehead atoms. The van der Waals surface area contributed by atoms with Gasteiger partial charge < -0.3 is 19.5 Å². The summed E-state index contributed by atoms with van der Waals surface area (Å²) in [6.45, 7) is 0.939. The summed E-state index contributed by atoms with van der Waals surface area (Å²) in [5.41, 5.74) is 1.19. The van der Waals surface area contributed by atoms with E-state index >= 15 is 0 Å². The van der Waals surface area contributed by atoms with Crippen molar-refractivity contribution >= 4 is 17.4 Å². The van der Waals surface area contributed by atoms with Crippen LogP contribution in [-0.2, 0) is 14.3 Å². The number of carbonyl (C=O) groups is 2. The second-order valence-electron chi connectivity index (χ2n) is 7.10. The number of amides is 1. The molecule has 2 aromatic rings. The third kappa shape index (κ3) is 3.61. The number of carbonyl (C=O) groups excluding carboxylic acids is 2. The molecule has 2 aliphatic heterocycles. The minimum atomic E-state index is -0.720. The molecule has 2 aliphatic rings. The van der Waals surface area contributed by atoms with E-state index in [1.807, 2.05) is 6.07 Å². The van der Waals surface area contributed by atoms with E-state index in [0.717, 1.165) is 12.8 Å². The molecule has 0 radical (unpaired) electrons. The highest BCUT2D eigenvalue weighted by atomic mass is 16.5. The average molecular weight is 394 g/mol. The maximum absolute atomic E-state index is 12.9. The molecule has 0 aliphatic carbocycles. The number of pyridine rings is 1. The van der Waals surface area contributed by atoms with Crippen LogP contribution in [0.3, 0.4) is 0 Å². The van der Waals surface area contributed by atoms with Crippen molar-refractivity contribution in [3.05, 3.63) is 65.5 Å². The molecule has 7 heteroatoms. The van der Waals surface area contributed by atoms with Crippen LogP contribution in [0.25, 0.3) is 5.76 Å². The number of hydrogen-bond acceptors (Lipinski definition) is 6. The molecule has 2 unspecified atom stereocenters. The third-order valence-corrected chi connectivity index (χ3v) is 5.33. The van der Waals surface area contributed by atoms with Gasteiger partial charge in [0, 0.05) is 31.1 Å². The fourth-order valence-electron chi connectivity index (χ4n) is 3.90. The maximum Gasteiger partial charge on any atom is 0.295 e. The van der Waals surface area contributed by atoms with Crippen LogP contribution in [0.2, 0.25) is 0 Å². The first-order chi connectivity index (χ1) is 14.1. The number of aromatic nitrogens is 1. The van der Waals surface area contributed by atoms with Crippen LogP contribution in [0, 0.1) is 0 Å². The number of rotatable bonds is 5. The van der Waals surface area contributed by atoms with Crippen LogP contribution < -0.4 is 4.74 Å². The minimum Gasteiger partial charge on any atom is -0.507 e. The van der Waals surface area contributed by atoms with E-state index in [9.17, 15) is 14.7 Å². The van der Waals surface area contributed by atoms with E-state index in [0.29, 0.717) is 30.0 Å². The van der Waals surface area contributed by atoms with Crippen LogP contribution in [0.15, 0.2) is 54.4 Å². The molecule has 2 fully saturated rings. The Morgan fingerprint density at radius 3 is 2.76 bits per heavy atom. The molecule has 1 aromatic heterocycles. The van der Waals surface area contributed by atoms with Crippen LogP contribution >= 0.6 is 0 Å². The SMILES string of the molecule is COc1cccc(C2/C(=C(/O)c3ccncc3)C(=O)C(=O)N2CC2CCCO2)c1. The van der Waals surface area contributed by atoms with Crippen molar-refractivity contribution in [2.24, 2.45) is 0 Å². The van der Waals surface area contributed by atoms with Gasteiger partial charge in [-0.2, -0.15) is 0 Å². The summed E-state index contributed by atoms with van der Waals surface area (Å²) in [6, 6.07) is 9.67. The van der Waals surface area contributed by atoms with Gasteiger partial charge in [-0.25, -0.2) is 0 Å². The van der Waals surface area contributed by atoms with E-state index in [2.05, 4.69) is 4.98 Å². The van der Waals surface area contributed by atoms with Crippen molar-refractivity contribution < 1.29 is 24.2 Å². The average Bonchev–Trinajstić information content (AvgIpc) is 3.36. The zero-order chi connectivity index (χ0) is 20.4. The molecule has 4 rings (SSSR count). The Hall–Kier alpha value is -3.19. The number of benzene rings is 1. The van der Waals surface area contributed by atoms with Crippen molar-refractivity contribution in [3.63, 3.8) is 0 Å². The highest BCUT2D eigenvalue weighted by molar-refractivity contribution is 6.46. The Labute approximate surface area is 168 Å². The lowest BCUT2D eigenvalue weighted by Crippen LogP contribution is -2.36. The van der Waals surface area contributed by atoms with Crippen molar-refractivity contribution in [1.82, 2.24) is 9.88 Å². The third-order valence-electron chi connectivity index (χ3n) is 5.33. The van der Waals surface area contributed by atoms with Gasteiger partial charge in [0.25, 0.3) is 11.7 Å². The fraction of sp³-hybridized carbons (Fsp3) is 0.318. The summed E-state index contributed by atoms with van der Waals surface area (Å²) in [6.07, 6.45) is 4.69. The molecule has 0 spiro atoms. The zero-order valence-corrected chi connectivity index (χ0v) is 16.1. The van der Waals surface area contributed by atoms with Crippen molar-refractivity contribution in [2.45, 2.75) is 25.0 Å². The topological polar surface area (TPSA) is 89.0 Å². The highest BCUT2D eigenvalue weighted by Gasteiger charge is 2.47. The van der Waals surface area contributed by atoms with E-state index < -0.39 is 17.7 Å². The van der Waals surface area contributed by atoms with Crippen LogP contribution in [0.4, 0.5) is 0 Å². The molecule has 3 heterocycles. The van der Waals surface area contributed by atoms with Crippen LogP contribution in [0.1, 0.15) is 30.0 Å². The summed E-state index contributed by atoms with van der Waals surface area (Å²) < 4.78 is 11.0. The summed E-state index contributed by atoms with van der Waals surface area (Å²) in [7, 11) is 1.55. The predicted octanol–water partition coefficient (Wildman–Crippen LogP) is 2.69. The molecule has 29 heavy (non-hydrogen) atoms. The van der Waals surface area contributed by atoms with Crippen molar-refractivity contribution in [1.29, 1.82) is 0 Å². The lowest BCUT2D eigenvalue weighted by molar-refractivity contribution is -0.140. The van der Waals surface area contributed by atoms with Crippen LogP contribution in [0.5, 0.6) is 5.75 Å². The normalized spacial score (nSPS) is 23.6. The standard InChI is InChI=1S/C22H22N2O5/c1-28-16-5-2-4-15(12-16)19-18(20(25)14-7-9-23-10-8-14)21(26)22(27)24(19)13-17-6-3-11-29-17/h2,4-5,7-10,12,17,19,25H,3,6,11,13H2,1H3/b20-18-. The zero-order valence-electron chi connectivity index (χ0n) is 16.1. The van der Waals surface area contributed by atoms with Crippen molar-refractivity contribution in [2.75, 3.05) is 20.3 Å². The number of methoxy groups -OCH3 is 1. The second-order valence-corrected chi connectivity index (χ2v) is 7.10. The van der Waals surface area contributed by atoms with Gasteiger partial charge in [0.15, 0.2) is 0 Å². The molecule has 1 aromatic carbocycles. The summed E-state index contributed by atoms with van der Waals surface area (Å²) in [4.78, 5) is 31.3. The Morgan fingerprint density at radius 1 is 1.28 bits per heavy atom. The number of hydrogen-bond donors (Lipinski definition) is 1. The molecular weight excluding hydrogens is 372 g/mol. The van der Waals surface area contributed by atoms with Crippen LogP contribution in [-0.4, -0.2) is 53.0 Å². The summed E-state index contributed by atoms with van der Waals surface area (Å²) in [5.74, 6) is -0.948. The Morgan fingerprint density at radius 2 is 2.07 bits per heavy atom. The monoisotopic (exact) mass is 394 g/mol. The minimum absolute atomic E-state index is 0.0625. The van der Waals surface area contributed by atoms with Gasteiger partial charge in [-0.3, -0.25) is 14.6 Å². The van der Waals surface area contributed by atoms with E-state index in [4.69, 9.17) is 9.47 Å². The number of likely N-dealkylation sites (tertiary alicyclic amines) is 1. The summed E-state index contributed by atoms with van der Waals surface area (Å²) in [5, 5.41) is 10.9. The van der Waals surface area contributed by atoms with Gasteiger partial charge in [-0.1, -0.05) is 12.1 Å². The molecule has 1 N–H and O–H groups in total. The van der Waals surface area contributed by atoms with E-state index in [1.54, 1.807) is 37.4 Å². The number of ether oxygens (including phenoxy) is 2. The van der Waals surface area contributed by atoms with Crippen molar-refractivity contribution in [3.8, 4) is 5.75 Å². The number of aliphatic hydroxyl groups excluding tert-OH is 1. The number of nitrogens with zero attached hydrogens (tertiary/aromatic N) is 2. The van der Waals surface area contributed by atoms with Gasteiger partial charge in [0.2, 0.25) is 0 Å². The molecule has 0 saturated carbocycles. The van der Waals surface area contributed by atoms with Gasteiger partial charge >= 0.3 is 0 Å². The first kappa shape index (κ1) is 19.1. The Bertz CT molecular complexity index is 951. The van der Waals surface area contributed by atoms with Gasteiger partial charge in [0.05, 0.1) is 24.8 Å².